The summed E-state index contributed by atoms with van der Waals surface area (Å²) in [5, 5.41) is 10.6. The van der Waals surface area contributed by atoms with Crippen molar-refractivity contribution < 1.29 is 14.6 Å². The second-order valence-corrected chi connectivity index (χ2v) is 7.45. The summed E-state index contributed by atoms with van der Waals surface area (Å²) < 4.78 is 10.8. The molecule has 0 bridgehead atoms. The molecule has 1 aromatic carbocycles. The van der Waals surface area contributed by atoms with Gasteiger partial charge in [0.05, 0.1) is 26.4 Å². The van der Waals surface area contributed by atoms with Crippen LogP contribution in [0.4, 0.5) is 0 Å². The van der Waals surface area contributed by atoms with Gasteiger partial charge < -0.3 is 14.6 Å². The average molecular weight is 435 g/mol. The van der Waals surface area contributed by atoms with Crippen LogP contribution in [0.1, 0.15) is 36.5 Å². The predicted molar refractivity (Wildman–Crippen MR) is 115 cm³/mol. The highest BCUT2D eigenvalue weighted by atomic mass is 35.5. The molecule has 2 saturated heterocycles. The molecule has 0 radical (unpaired) electrons. The monoisotopic (exact) mass is 434 g/mol. The minimum Gasteiger partial charge on any atom is -0.504 e. The van der Waals surface area contributed by atoms with E-state index >= 15 is 0 Å². The highest BCUT2D eigenvalue weighted by Crippen LogP contribution is 2.22. The quantitative estimate of drug-likeness (QED) is 0.767. The molecule has 8 heteroatoms. The van der Waals surface area contributed by atoms with Gasteiger partial charge >= 0.3 is 0 Å². The molecule has 160 valence electrons. The summed E-state index contributed by atoms with van der Waals surface area (Å²) >= 11 is 0. The Kier molecular flexibility index (Phi) is 10.7. The third kappa shape index (κ3) is 6.58. The van der Waals surface area contributed by atoms with E-state index in [9.17, 15) is 9.90 Å². The lowest BCUT2D eigenvalue weighted by molar-refractivity contribution is 0.0333. The van der Waals surface area contributed by atoms with Gasteiger partial charge in [-0.25, -0.2) is 0 Å². The molecule has 0 unspecified atom stereocenters. The third-order valence-electron chi connectivity index (χ3n) is 5.11. The van der Waals surface area contributed by atoms with E-state index in [2.05, 4.69) is 9.80 Å². The van der Waals surface area contributed by atoms with Crippen LogP contribution in [0.2, 0.25) is 0 Å². The van der Waals surface area contributed by atoms with Gasteiger partial charge in [-0.2, -0.15) is 0 Å². The van der Waals surface area contributed by atoms with Crippen LogP contribution in [0.25, 0.3) is 0 Å². The van der Waals surface area contributed by atoms with Gasteiger partial charge in [0.15, 0.2) is 5.75 Å². The zero-order chi connectivity index (χ0) is 18.5. The molecule has 0 atom stereocenters. The second kappa shape index (κ2) is 12.0. The van der Waals surface area contributed by atoms with Crippen molar-refractivity contribution in [3.8, 4) is 5.75 Å². The number of aromatic hydroxyl groups is 1. The first-order valence-electron chi connectivity index (χ1n) is 9.53. The minimum atomic E-state index is -0.239. The highest BCUT2D eigenvalue weighted by Gasteiger charge is 2.18. The molecule has 2 aliphatic rings. The average Bonchev–Trinajstić information content (AvgIpc) is 2.76. The van der Waals surface area contributed by atoms with Crippen LogP contribution in [-0.4, -0.2) is 67.5 Å². The molecule has 0 saturated carbocycles. The fourth-order valence-corrected chi connectivity index (χ4v) is 3.54. The van der Waals surface area contributed by atoms with Crippen LogP contribution in [0.5, 0.6) is 5.75 Å². The Balaban J connectivity index is 0.00000196. The van der Waals surface area contributed by atoms with Gasteiger partial charge in [-0.05, 0) is 17.5 Å². The zero-order valence-corrected chi connectivity index (χ0v) is 18.3. The lowest BCUT2D eigenvalue weighted by atomic mass is 10.0. The highest BCUT2D eigenvalue weighted by molar-refractivity contribution is 5.85. The molecular formula is C20H32Cl2N2O4. The Morgan fingerprint density at radius 2 is 1.43 bits per heavy atom. The number of nitrogens with zero attached hydrogens (tertiary/aromatic N) is 2. The Labute approximate surface area is 179 Å². The fourth-order valence-electron chi connectivity index (χ4n) is 3.54. The topological polar surface area (TPSA) is 62.2 Å². The lowest BCUT2D eigenvalue weighted by Gasteiger charge is -2.27. The van der Waals surface area contributed by atoms with Gasteiger partial charge in [-0.3, -0.25) is 14.6 Å². The molecule has 0 amide bonds. The normalized spacial score (nSPS) is 18.4. The smallest absolute Gasteiger partial charge is 0.223 e. The molecule has 1 N–H and O–H groups in total. The molecule has 1 aromatic rings. The van der Waals surface area contributed by atoms with Crippen molar-refractivity contribution >= 4 is 24.8 Å². The van der Waals surface area contributed by atoms with Crippen LogP contribution in [0.3, 0.4) is 0 Å². The van der Waals surface area contributed by atoms with E-state index in [0.29, 0.717) is 30.9 Å². The van der Waals surface area contributed by atoms with Crippen LogP contribution < -0.4 is 5.43 Å². The van der Waals surface area contributed by atoms with Crippen molar-refractivity contribution in [3.63, 3.8) is 0 Å². The van der Waals surface area contributed by atoms with Crippen molar-refractivity contribution in [2.75, 3.05) is 52.6 Å². The van der Waals surface area contributed by atoms with Gasteiger partial charge in [0.2, 0.25) is 5.43 Å². The third-order valence-corrected chi connectivity index (χ3v) is 5.11. The molecule has 2 heterocycles. The Bertz CT molecular complexity index is 676. The first-order chi connectivity index (χ1) is 12.5. The molecule has 6 nitrogen and oxygen atoms in total. The Morgan fingerprint density at radius 3 is 1.93 bits per heavy atom. The Hall–Kier alpha value is -0.890. The number of hydrogen-bond acceptors (Lipinski definition) is 6. The summed E-state index contributed by atoms with van der Waals surface area (Å²) in [4.78, 5) is 17.4. The molecule has 3 rings (SSSR count). The zero-order valence-electron chi connectivity index (χ0n) is 16.7. The molecular weight excluding hydrogens is 403 g/mol. The van der Waals surface area contributed by atoms with Gasteiger partial charge in [-0.15, -0.1) is 24.8 Å². The van der Waals surface area contributed by atoms with E-state index in [1.54, 1.807) is 0 Å². The summed E-state index contributed by atoms with van der Waals surface area (Å²) in [6, 6.07) is 3.98. The summed E-state index contributed by atoms with van der Waals surface area (Å²) in [6.45, 7) is 11.7. The summed E-state index contributed by atoms with van der Waals surface area (Å²) in [5.74, 6) is -0.0334. The van der Waals surface area contributed by atoms with E-state index in [4.69, 9.17) is 9.47 Å². The standard InChI is InChI=1S/C20H30N2O4.2ClH/c1-15(2)18-12-16(13-21-3-7-25-8-4-21)11-17(19(23)20(18)24)14-22-5-9-26-10-6-22;;/h11-12,15H,3-10,13-14H2,1-2H3,(H,23,24);2*1H. The number of morpholine rings is 2. The van der Waals surface area contributed by atoms with Crippen molar-refractivity contribution in [2.24, 2.45) is 0 Å². The van der Waals surface area contributed by atoms with Crippen molar-refractivity contribution in [2.45, 2.75) is 32.9 Å². The number of halogens is 2. The molecule has 2 fully saturated rings. The van der Waals surface area contributed by atoms with Gasteiger partial charge in [-0.1, -0.05) is 19.9 Å². The maximum absolute atomic E-state index is 12.8. The Morgan fingerprint density at radius 1 is 0.929 bits per heavy atom. The maximum atomic E-state index is 12.8. The van der Waals surface area contributed by atoms with Crippen LogP contribution in [0.15, 0.2) is 16.9 Å². The summed E-state index contributed by atoms with van der Waals surface area (Å²) in [6.07, 6.45) is 0. The number of hydrogen-bond donors (Lipinski definition) is 1. The van der Waals surface area contributed by atoms with E-state index in [0.717, 1.165) is 51.5 Å². The first-order valence-corrected chi connectivity index (χ1v) is 9.53. The fraction of sp³-hybridized carbons (Fsp3) is 0.650. The van der Waals surface area contributed by atoms with E-state index in [1.165, 1.54) is 0 Å². The van der Waals surface area contributed by atoms with Crippen molar-refractivity contribution in [1.29, 1.82) is 0 Å². The molecule has 28 heavy (non-hydrogen) atoms. The van der Waals surface area contributed by atoms with Gasteiger partial charge in [0.1, 0.15) is 0 Å². The van der Waals surface area contributed by atoms with Crippen molar-refractivity contribution in [3.05, 3.63) is 39.0 Å². The number of rotatable bonds is 5. The van der Waals surface area contributed by atoms with E-state index < -0.39 is 0 Å². The predicted octanol–water partition coefficient (Wildman–Crippen LogP) is 2.38. The van der Waals surface area contributed by atoms with Crippen LogP contribution in [0, 0.1) is 0 Å². The second-order valence-electron chi connectivity index (χ2n) is 7.45. The van der Waals surface area contributed by atoms with Crippen LogP contribution >= 0.6 is 24.8 Å². The first kappa shape index (κ1) is 25.1. The summed E-state index contributed by atoms with van der Waals surface area (Å²) in [7, 11) is 0. The SMILES string of the molecule is CC(C)c1cc(CN2CCOCC2)cc(CN2CCOCC2)c(O)c1=O.Cl.Cl. The minimum absolute atomic E-state index is 0. The van der Waals surface area contributed by atoms with Crippen LogP contribution in [-0.2, 0) is 22.6 Å². The van der Waals surface area contributed by atoms with Crippen molar-refractivity contribution in [1.82, 2.24) is 9.80 Å². The van der Waals surface area contributed by atoms with E-state index in [1.807, 2.05) is 26.0 Å². The molecule has 0 aromatic heterocycles. The number of ether oxygens (including phenoxy) is 2. The molecule has 0 spiro atoms. The largest absolute Gasteiger partial charge is 0.504 e. The molecule has 0 aliphatic carbocycles. The maximum Gasteiger partial charge on any atom is 0.223 e. The van der Waals surface area contributed by atoms with E-state index in [-0.39, 0.29) is 41.9 Å². The lowest BCUT2D eigenvalue weighted by Crippen LogP contribution is -2.36. The van der Waals surface area contributed by atoms with Gasteiger partial charge in [0, 0.05) is 50.4 Å². The molecule has 2 aliphatic heterocycles. The van der Waals surface area contributed by atoms with Gasteiger partial charge in [0.25, 0.3) is 0 Å². The summed E-state index contributed by atoms with van der Waals surface area (Å²) in [5.41, 5.74) is 2.23.